The van der Waals surface area contributed by atoms with Crippen molar-refractivity contribution in [1.82, 2.24) is 9.97 Å². The lowest BCUT2D eigenvalue weighted by molar-refractivity contribution is 0.806. The number of nitriles is 1. The van der Waals surface area contributed by atoms with Gasteiger partial charge in [-0.25, -0.2) is 4.98 Å². The molecule has 20 heavy (non-hydrogen) atoms. The molecule has 0 aromatic carbocycles. The van der Waals surface area contributed by atoms with Crippen LogP contribution in [0.5, 0.6) is 0 Å². The van der Waals surface area contributed by atoms with Gasteiger partial charge in [0, 0.05) is 39.3 Å². The minimum absolute atomic E-state index is 0.194. The highest BCUT2D eigenvalue weighted by atomic mass is 79.9. The Balaban J connectivity index is 1.87. The molecule has 0 saturated heterocycles. The van der Waals surface area contributed by atoms with Crippen molar-refractivity contribution in [2.24, 2.45) is 0 Å². The average Bonchev–Trinajstić information content (AvgIpc) is 2.97. The molecule has 0 N–H and O–H groups in total. The van der Waals surface area contributed by atoms with Crippen molar-refractivity contribution in [2.45, 2.75) is 12.3 Å². The summed E-state index contributed by atoms with van der Waals surface area (Å²) in [5, 5.41) is 12.0. The second-order valence-corrected chi connectivity index (χ2v) is 6.24. The molecule has 2 aromatic rings. The van der Waals surface area contributed by atoms with Gasteiger partial charge in [0.15, 0.2) is 0 Å². The van der Waals surface area contributed by atoms with Gasteiger partial charge in [-0.2, -0.15) is 5.26 Å². The maximum Gasteiger partial charge on any atom is 0.125 e. The topological polar surface area (TPSA) is 49.6 Å². The highest BCUT2D eigenvalue weighted by Crippen LogP contribution is 2.32. The van der Waals surface area contributed by atoms with Crippen LogP contribution in [0.2, 0.25) is 0 Å². The van der Waals surface area contributed by atoms with E-state index in [1.54, 1.807) is 17.5 Å². The molecule has 3 nitrogen and oxygen atoms in total. The molecule has 3 rings (SSSR count). The molecule has 2 aromatic heterocycles. The molecule has 0 saturated carbocycles. The van der Waals surface area contributed by atoms with Crippen molar-refractivity contribution in [2.75, 3.05) is 0 Å². The fraction of sp³-hybridized carbons (Fsp3) is 0.133. The summed E-state index contributed by atoms with van der Waals surface area (Å²) in [4.78, 5) is 8.85. The third kappa shape index (κ3) is 2.72. The van der Waals surface area contributed by atoms with E-state index in [0.29, 0.717) is 0 Å². The molecule has 1 aliphatic rings. The Morgan fingerprint density at radius 1 is 1.40 bits per heavy atom. The number of hydrogen-bond donors (Lipinski definition) is 0. The van der Waals surface area contributed by atoms with Crippen LogP contribution in [0.25, 0.3) is 10.6 Å². The zero-order valence-corrected chi connectivity index (χ0v) is 12.9. The van der Waals surface area contributed by atoms with Gasteiger partial charge in [-0.3, -0.25) is 4.98 Å². The van der Waals surface area contributed by atoms with Crippen molar-refractivity contribution < 1.29 is 0 Å². The van der Waals surface area contributed by atoms with Crippen LogP contribution in [0.1, 0.15) is 18.0 Å². The minimum Gasteiger partial charge on any atom is -0.263 e. The summed E-state index contributed by atoms with van der Waals surface area (Å²) in [5.41, 5.74) is 2.82. The van der Waals surface area contributed by atoms with Crippen LogP contribution in [-0.4, -0.2) is 9.97 Å². The lowest BCUT2D eigenvalue weighted by Gasteiger charge is -2.12. The van der Waals surface area contributed by atoms with Crippen molar-refractivity contribution >= 4 is 27.3 Å². The summed E-state index contributed by atoms with van der Waals surface area (Å²) in [6, 6.07) is 4.23. The molecule has 0 amide bonds. The first kappa shape index (κ1) is 13.2. The normalized spacial score (nSPS) is 17.6. The van der Waals surface area contributed by atoms with Gasteiger partial charge in [0.2, 0.25) is 0 Å². The molecule has 1 aliphatic carbocycles. The van der Waals surface area contributed by atoms with Crippen molar-refractivity contribution in [3.8, 4) is 16.6 Å². The van der Waals surface area contributed by atoms with Gasteiger partial charge in [0.25, 0.3) is 0 Å². The average molecular weight is 344 g/mol. The first-order chi connectivity index (χ1) is 9.76. The van der Waals surface area contributed by atoms with Crippen LogP contribution in [0.4, 0.5) is 0 Å². The monoisotopic (exact) mass is 343 g/mol. The lowest BCUT2D eigenvalue weighted by Crippen LogP contribution is -2.00. The van der Waals surface area contributed by atoms with Gasteiger partial charge in [0.1, 0.15) is 5.01 Å². The quantitative estimate of drug-likeness (QED) is 0.808. The van der Waals surface area contributed by atoms with E-state index in [-0.39, 0.29) is 5.92 Å². The van der Waals surface area contributed by atoms with Crippen molar-refractivity contribution in [3.05, 3.63) is 57.8 Å². The SMILES string of the molecule is N#CC1=CC=CC(c2csc(-c3cncc(Br)c3)n2)C1. The summed E-state index contributed by atoms with van der Waals surface area (Å²) < 4.78 is 0.944. The number of nitrogens with zero attached hydrogens (tertiary/aromatic N) is 3. The molecule has 0 spiro atoms. The van der Waals surface area contributed by atoms with Gasteiger partial charge in [0.05, 0.1) is 11.8 Å². The fourth-order valence-electron chi connectivity index (χ4n) is 2.08. The van der Waals surface area contributed by atoms with Crippen molar-refractivity contribution in [3.63, 3.8) is 0 Å². The van der Waals surface area contributed by atoms with Crippen LogP contribution < -0.4 is 0 Å². The molecule has 1 atom stereocenters. The van der Waals surface area contributed by atoms with Crippen LogP contribution in [0, 0.1) is 11.3 Å². The molecule has 0 fully saturated rings. The lowest BCUT2D eigenvalue weighted by atomic mass is 9.93. The minimum atomic E-state index is 0.194. The maximum atomic E-state index is 8.99. The number of allylic oxidation sites excluding steroid dienone is 4. The first-order valence-electron chi connectivity index (χ1n) is 6.10. The van der Waals surface area contributed by atoms with Gasteiger partial charge < -0.3 is 0 Å². The predicted molar refractivity (Wildman–Crippen MR) is 83.2 cm³/mol. The van der Waals surface area contributed by atoms with Gasteiger partial charge in [-0.15, -0.1) is 11.3 Å². The van der Waals surface area contributed by atoms with E-state index in [9.17, 15) is 0 Å². The number of halogens is 1. The van der Waals surface area contributed by atoms with Crippen LogP contribution in [-0.2, 0) is 0 Å². The number of hydrogen-bond acceptors (Lipinski definition) is 4. The number of aromatic nitrogens is 2. The van der Waals surface area contributed by atoms with E-state index in [1.807, 2.05) is 24.4 Å². The van der Waals surface area contributed by atoms with Crippen LogP contribution in [0.15, 0.2) is 52.1 Å². The summed E-state index contributed by atoms with van der Waals surface area (Å²) in [6.45, 7) is 0. The zero-order valence-electron chi connectivity index (χ0n) is 10.5. The van der Waals surface area contributed by atoms with Gasteiger partial charge in [-0.1, -0.05) is 12.2 Å². The second kappa shape index (κ2) is 5.70. The summed E-state index contributed by atoms with van der Waals surface area (Å²) >= 11 is 5.03. The molecule has 5 heteroatoms. The predicted octanol–water partition coefficient (Wildman–Crippen LogP) is 4.46. The van der Waals surface area contributed by atoms with E-state index in [0.717, 1.165) is 32.7 Å². The summed E-state index contributed by atoms with van der Waals surface area (Å²) in [6.07, 6.45) is 10.2. The molecule has 98 valence electrons. The maximum absolute atomic E-state index is 8.99. The molecule has 0 bridgehead atoms. The van der Waals surface area contributed by atoms with Gasteiger partial charge in [-0.05, 0) is 34.5 Å². The number of rotatable bonds is 2. The number of pyridine rings is 1. The number of thiazole rings is 1. The standard InChI is InChI=1S/C15H10BrN3S/c16-13-5-12(7-18-8-13)15-19-14(9-20-15)11-3-1-2-10(4-11)6-17/h1-3,5,7-9,11H,4H2. The van der Waals surface area contributed by atoms with E-state index >= 15 is 0 Å². The summed E-state index contributed by atoms with van der Waals surface area (Å²) in [5.74, 6) is 0.194. The molecular weight excluding hydrogens is 334 g/mol. The fourth-order valence-corrected chi connectivity index (χ4v) is 3.31. The molecule has 0 aliphatic heterocycles. The third-order valence-electron chi connectivity index (χ3n) is 3.08. The van der Waals surface area contributed by atoms with E-state index in [1.165, 1.54) is 0 Å². The summed E-state index contributed by atoms with van der Waals surface area (Å²) in [7, 11) is 0. The Morgan fingerprint density at radius 3 is 3.10 bits per heavy atom. The molecular formula is C15H10BrN3S. The highest BCUT2D eigenvalue weighted by molar-refractivity contribution is 9.10. The zero-order chi connectivity index (χ0) is 13.9. The first-order valence-corrected chi connectivity index (χ1v) is 7.77. The van der Waals surface area contributed by atoms with Crippen molar-refractivity contribution in [1.29, 1.82) is 5.26 Å². The van der Waals surface area contributed by atoms with Crippen LogP contribution >= 0.6 is 27.3 Å². The van der Waals surface area contributed by atoms with Crippen LogP contribution in [0.3, 0.4) is 0 Å². The second-order valence-electron chi connectivity index (χ2n) is 4.47. The third-order valence-corrected chi connectivity index (χ3v) is 4.42. The largest absolute Gasteiger partial charge is 0.263 e. The highest BCUT2D eigenvalue weighted by Gasteiger charge is 2.17. The Kier molecular flexibility index (Phi) is 3.77. The Morgan fingerprint density at radius 2 is 2.30 bits per heavy atom. The molecule has 0 radical (unpaired) electrons. The van der Waals surface area contributed by atoms with E-state index in [2.05, 4.69) is 43.4 Å². The Hall–Kier alpha value is -1.77. The Labute approximate surface area is 129 Å². The van der Waals surface area contributed by atoms with Gasteiger partial charge >= 0.3 is 0 Å². The van der Waals surface area contributed by atoms with E-state index in [4.69, 9.17) is 5.26 Å². The van der Waals surface area contributed by atoms with E-state index < -0.39 is 0 Å². The smallest absolute Gasteiger partial charge is 0.125 e. The molecule has 1 unspecified atom stereocenters. The Bertz CT molecular complexity index is 740. The molecule has 2 heterocycles.